The molecule has 0 amide bonds. The molecule has 0 fully saturated rings. The molecule has 0 aliphatic rings. The van der Waals surface area contributed by atoms with E-state index in [1.54, 1.807) is 0 Å². The average molecular weight is 2130 g/mol. The van der Waals surface area contributed by atoms with Crippen molar-refractivity contribution < 1.29 is 738 Å². The molecule has 36 nitrogen and oxygen atoms in total. The van der Waals surface area contributed by atoms with E-state index in [1.165, 1.54) is 0 Å². The molecule has 0 saturated carbocycles. The van der Waals surface area contributed by atoms with Crippen molar-refractivity contribution in [2.75, 3.05) is 0 Å². The van der Waals surface area contributed by atoms with E-state index >= 15 is 0 Å². The predicted octanol–water partition coefficient (Wildman–Crippen LogP) is 10.3. The number of rotatable bonds is 0. The monoisotopic (exact) mass is 2130 g/mol. The molecule has 0 saturated heterocycles. The smallest absolute Gasteiger partial charge is 3.00 e. The minimum Gasteiger partial charge on any atom is -3.00 e. The van der Waals surface area contributed by atoms with Crippen LogP contribution in [0.5, 0.6) is 0 Å². The maximum Gasteiger partial charge on any atom is 4.00 e. The van der Waals surface area contributed by atoms with Gasteiger partial charge in [0.05, 0.1) is 0 Å². The molecule has 0 aliphatic carbocycles. The Balaban J connectivity index is 0. The summed E-state index contributed by atoms with van der Waals surface area (Å²) in [6.07, 6.45) is 0. The molecule has 70 heteroatoms. The first kappa shape index (κ1) is 1500. The summed E-state index contributed by atoms with van der Waals surface area (Å²) in [6, 6.07) is 0. The molecule has 0 N–H and O–H groups in total. The second-order valence-corrected chi connectivity index (χ2v) is 0. The van der Waals surface area contributed by atoms with Crippen molar-refractivity contribution in [1.82, 2.24) is 0 Å². The third kappa shape index (κ3) is 1410. The van der Waals surface area contributed by atoms with Crippen LogP contribution in [0.3, 0.4) is 0 Å². The van der Waals surface area contributed by atoms with Crippen LogP contribution in [0.15, 0.2) is 0 Å². The van der Waals surface area contributed by atoms with Crippen molar-refractivity contribution in [2.24, 2.45) is 0 Å². The standard InChI is InChI=1S/36N.34Ti/q36*-3;34*+4. The van der Waals surface area contributed by atoms with Crippen molar-refractivity contribution in [2.45, 2.75) is 0 Å². The minimum atomic E-state index is 0. The number of hydrogen-bond donors (Lipinski definition) is 0. The molecule has 288 valence electrons. The van der Waals surface area contributed by atoms with Crippen LogP contribution >= 0.6 is 0 Å². The molecular weight excluding hydrogens is 2130 g/mol. The van der Waals surface area contributed by atoms with Gasteiger partial charge in [-0.3, -0.25) is 0 Å². The Morgan fingerprint density at radius 1 is 0.0286 bits per heavy atom. The summed E-state index contributed by atoms with van der Waals surface area (Å²) >= 11 is 0. The molecule has 0 unspecified atom stereocenters. The van der Waals surface area contributed by atoms with Crippen molar-refractivity contribution in [3.8, 4) is 0 Å². The van der Waals surface area contributed by atoms with Crippen molar-refractivity contribution in [3.63, 3.8) is 0 Å². The molecule has 0 bridgehead atoms. The zero-order chi connectivity index (χ0) is 0. The van der Waals surface area contributed by atoms with Gasteiger partial charge >= 0.3 is 738 Å². The van der Waals surface area contributed by atoms with Gasteiger partial charge in [-0.05, 0) is 0 Å². The van der Waals surface area contributed by atoms with E-state index in [1.807, 2.05) is 0 Å². The molecule has 0 spiro atoms. The van der Waals surface area contributed by atoms with Gasteiger partial charge in [0.2, 0.25) is 0 Å². The second-order valence-electron chi connectivity index (χ2n) is 0. The molecule has 70 heavy (non-hydrogen) atoms. The van der Waals surface area contributed by atoms with E-state index in [4.69, 9.17) is 0 Å². The predicted molar refractivity (Wildman–Crippen MR) is 121 cm³/mol. The maximum absolute atomic E-state index is 0. The first-order chi connectivity index (χ1) is 0. The van der Waals surface area contributed by atoms with Crippen LogP contribution in [-0.2, 0) is 738 Å². The zero-order valence-corrected chi connectivity index (χ0v) is 86.2. The Labute approximate surface area is 936 Å². The van der Waals surface area contributed by atoms with Gasteiger partial charge in [-0.15, -0.1) is 0 Å². The Hall–Kier alpha value is 22.8. The molecule has 0 heterocycles. The van der Waals surface area contributed by atoms with Gasteiger partial charge in [-0.2, -0.15) is 0 Å². The van der Waals surface area contributed by atoms with Gasteiger partial charge < -0.3 is 221 Å². The van der Waals surface area contributed by atoms with E-state index in [0.717, 1.165) is 0 Å². The fraction of sp³-hybridized carbons (Fsp3) is 0. The topological polar surface area (TPSA) is 1100 Å². The summed E-state index contributed by atoms with van der Waals surface area (Å²) in [6.45, 7) is 0. The summed E-state index contributed by atoms with van der Waals surface area (Å²) in [5.41, 5.74) is 0. The van der Waals surface area contributed by atoms with Gasteiger partial charge in [0.25, 0.3) is 0 Å². The second kappa shape index (κ2) is 1450. The van der Waals surface area contributed by atoms with Crippen LogP contribution < -0.4 is 0 Å². The first-order valence-electron chi connectivity index (χ1n) is 0. The van der Waals surface area contributed by atoms with Crippen LogP contribution in [0.4, 0.5) is 0 Å². The number of hydrogen-bond acceptors (Lipinski definition) is 0. The van der Waals surface area contributed by atoms with E-state index in [2.05, 4.69) is 0 Å². The fourth-order valence-corrected chi connectivity index (χ4v) is 0. The third-order valence-electron chi connectivity index (χ3n) is 0. The minimum absolute atomic E-state index is 0. The Morgan fingerprint density at radius 2 is 0.0286 bits per heavy atom. The Morgan fingerprint density at radius 3 is 0.0286 bits per heavy atom. The van der Waals surface area contributed by atoms with Gasteiger partial charge in [0.1, 0.15) is 0 Å². The third-order valence-corrected chi connectivity index (χ3v) is 0. The van der Waals surface area contributed by atoms with E-state index in [-0.39, 0.29) is 960 Å². The molecule has 0 aromatic rings. The molecule has 0 aromatic carbocycles. The van der Waals surface area contributed by atoms with Crippen molar-refractivity contribution in [3.05, 3.63) is 221 Å². The van der Waals surface area contributed by atoms with Gasteiger partial charge in [0, 0.05) is 0 Å². The molecule has 0 aromatic heterocycles. The van der Waals surface area contributed by atoms with Gasteiger partial charge in [-0.25, -0.2) is 0 Å². The largest absolute Gasteiger partial charge is 4.00 e. The van der Waals surface area contributed by atoms with Gasteiger partial charge in [-0.1, -0.05) is 0 Å². The molecule has 0 aliphatic heterocycles. The van der Waals surface area contributed by atoms with Crippen LogP contribution in [0.1, 0.15) is 0 Å². The number of nitrogens with zero attached hydrogens (tertiary/aromatic N) is 36. The molecule has 0 rings (SSSR count). The SMILES string of the molecule is [N-3].[N-3].[N-3].[N-3].[N-3].[N-3].[N-3].[N-3].[N-3].[N-3].[N-3].[N-3].[N-3].[N-3].[N-3].[N-3].[N-3].[N-3].[N-3].[N-3].[N-3].[N-3].[N-3].[N-3].[N-3].[N-3].[N-3].[N-3].[N-3].[N-3].[N-3].[N-3].[N-3].[N-3].[N-3].[N-3].[Ti+4].[Ti+4].[Ti+4].[Ti+4].[Ti+4].[Ti+4].[Ti+4].[Ti+4].[Ti+4].[Ti+4].[Ti+4].[Ti+4].[Ti+4].[Ti+4].[Ti+4].[Ti+4].[Ti+4].[Ti+4].[Ti+4].[Ti+4].[Ti+4].[Ti+4].[Ti+4].[Ti+4].[Ti+4].[Ti+4].[Ti+4].[Ti+4].[Ti+4].[Ti+4].[Ti+4].[Ti+4].[Ti+4].[Ti+4]. The van der Waals surface area contributed by atoms with Crippen molar-refractivity contribution in [1.29, 1.82) is 0 Å². The van der Waals surface area contributed by atoms with E-state index in [0.29, 0.717) is 0 Å². The van der Waals surface area contributed by atoms with Crippen molar-refractivity contribution >= 4 is 0 Å². The summed E-state index contributed by atoms with van der Waals surface area (Å²) in [5.74, 6) is 0. The van der Waals surface area contributed by atoms with Crippen LogP contribution in [0.2, 0.25) is 0 Å². The Bertz CT molecular complexity index is 70.0. The summed E-state index contributed by atoms with van der Waals surface area (Å²) in [5, 5.41) is 0. The quantitative estimate of drug-likeness (QED) is 0.204. The summed E-state index contributed by atoms with van der Waals surface area (Å²) in [4.78, 5) is 0. The normalized spacial score (nSPS) is 0. The van der Waals surface area contributed by atoms with E-state index < -0.39 is 0 Å². The van der Waals surface area contributed by atoms with E-state index in [9.17, 15) is 0 Å². The Kier molecular flexibility index (Phi) is 31100. The van der Waals surface area contributed by atoms with Crippen LogP contribution in [0.25, 0.3) is 221 Å². The summed E-state index contributed by atoms with van der Waals surface area (Å²) < 4.78 is 0. The molecular formula is N36Ti34+28. The van der Waals surface area contributed by atoms with Gasteiger partial charge in [0.15, 0.2) is 0 Å². The van der Waals surface area contributed by atoms with Crippen LogP contribution in [-0.4, -0.2) is 0 Å². The molecule has 0 radical (unpaired) electrons. The maximum atomic E-state index is 0. The average Bonchev–Trinajstić information content (AvgIpc) is 0. The fourth-order valence-electron chi connectivity index (χ4n) is 0. The molecule has 0 atom stereocenters. The first-order valence-corrected chi connectivity index (χ1v) is 0. The summed E-state index contributed by atoms with van der Waals surface area (Å²) in [7, 11) is 0. The zero-order valence-electron chi connectivity index (χ0n) is 33.1. The van der Waals surface area contributed by atoms with Crippen LogP contribution in [0, 0.1) is 0 Å².